The number of nitrogens with one attached hydrogen (secondary N) is 1. The topological polar surface area (TPSA) is 47.6 Å². The van der Waals surface area contributed by atoms with Crippen molar-refractivity contribution in [1.82, 2.24) is 5.32 Å². The molecule has 4 nitrogen and oxygen atoms in total. The van der Waals surface area contributed by atoms with Gasteiger partial charge in [0.15, 0.2) is 11.5 Å². The normalized spacial score (nSPS) is 18.8. The number of rotatable bonds is 3. The monoisotopic (exact) mass is 343 g/mol. The summed E-state index contributed by atoms with van der Waals surface area (Å²) in [5.74, 6) is 2.29. The molecule has 0 radical (unpaired) electrons. The van der Waals surface area contributed by atoms with Crippen LogP contribution in [0.5, 0.6) is 11.5 Å². The molecule has 1 aromatic heterocycles. The molecule has 1 aromatic carbocycles. The number of amides is 1. The minimum atomic E-state index is 0.0249. The van der Waals surface area contributed by atoms with E-state index in [1.165, 1.54) is 16.9 Å². The lowest BCUT2D eigenvalue weighted by Gasteiger charge is -2.19. The van der Waals surface area contributed by atoms with Gasteiger partial charge >= 0.3 is 0 Å². The Morgan fingerprint density at radius 2 is 2.12 bits per heavy atom. The third kappa shape index (κ3) is 3.00. The molecule has 126 valence electrons. The number of ether oxygens (including phenoxy) is 2. The molecular weight excluding hydrogens is 322 g/mol. The molecule has 0 bridgehead atoms. The van der Waals surface area contributed by atoms with Gasteiger partial charge in [-0.25, -0.2) is 0 Å². The van der Waals surface area contributed by atoms with E-state index in [9.17, 15) is 4.79 Å². The number of hydrogen-bond donors (Lipinski definition) is 1. The lowest BCUT2D eigenvalue weighted by Crippen LogP contribution is -2.24. The highest BCUT2D eigenvalue weighted by Gasteiger charge is 2.23. The summed E-state index contributed by atoms with van der Waals surface area (Å²) in [4.78, 5) is 13.9. The minimum absolute atomic E-state index is 0.0249. The third-order valence-corrected chi connectivity index (χ3v) is 5.76. The molecule has 0 saturated heterocycles. The summed E-state index contributed by atoms with van der Waals surface area (Å²) in [7, 11) is 0. The maximum Gasteiger partial charge on any atom is 0.252 e. The molecule has 5 heteroatoms. The molecule has 0 spiro atoms. The van der Waals surface area contributed by atoms with Gasteiger partial charge in [-0.1, -0.05) is 13.0 Å². The lowest BCUT2D eigenvalue weighted by atomic mass is 9.88. The Balaban J connectivity index is 1.44. The van der Waals surface area contributed by atoms with Crippen molar-refractivity contribution in [3.63, 3.8) is 0 Å². The largest absolute Gasteiger partial charge is 0.486 e. The molecule has 1 unspecified atom stereocenters. The zero-order chi connectivity index (χ0) is 16.5. The highest BCUT2D eigenvalue weighted by molar-refractivity contribution is 7.10. The van der Waals surface area contributed by atoms with Gasteiger partial charge in [-0.15, -0.1) is 11.3 Å². The summed E-state index contributed by atoms with van der Waals surface area (Å²) in [5, 5.41) is 5.06. The van der Waals surface area contributed by atoms with Crippen LogP contribution in [0.2, 0.25) is 0 Å². The summed E-state index contributed by atoms with van der Waals surface area (Å²) in [6.07, 6.45) is 3.30. The number of benzene rings is 1. The van der Waals surface area contributed by atoms with Crippen molar-refractivity contribution in [2.75, 3.05) is 13.2 Å². The maximum absolute atomic E-state index is 12.6. The molecule has 1 amide bonds. The first-order chi connectivity index (χ1) is 11.7. The SMILES string of the molecule is CC1CCc2c(C(=O)NCc3ccc4c(c3)OCCO4)csc2C1. The Labute approximate surface area is 145 Å². The van der Waals surface area contributed by atoms with Crippen LogP contribution in [0.15, 0.2) is 23.6 Å². The van der Waals surface area contributed by atoms with Gasteiger partial charge < -0.3 is 14.8 Å². The molecule has 0 saturated carbocycles. The van der Waals surface area contributed by atoms with Crippen LogP contribution in [0.1, 0.15) is 39.7 Å². The Morgan fingerprint density at radius 3 is 3.00 bits per heavy atom. The van der Waals surface area contributed by atoms with Crippen molar-refractivity contribution in [3.05, 3.63) is 45.1 Å². The maximum atomic E-state index is 12.6. The van der Waals surface area contributed by atoms with Crippen LogP contribution in [0.25, 0.3) is 0 Å². The Kier molecular flexibility index (Phi) is 4.19. The van der Waals surface area contributed by atoms with Crippen molar-refractivity contribution >= 4 is 17.2 Å². The number of thiophene rings is 1. The Hall–Kier alpha value is -2.01. The first kappa shape index (κ1) is 15.5. The average Bonchev–Trinajstić information content (AvgIpc) is 3.02. The molecule has 24 heavy (non-hydrogen) atoms. The van der Waals surface area contributed by atoms with E-state index in [0.29, 0.717) is 19.8 Å². The minimum Gasteiger partial charge on any atom is -0.486 e. The van der Waals surface area contributed by atoms with Crippen LogP contribution in [0.3, 0.4) is 0 Å². The highest BCUT2D eigenvalue weighted by atomic mass is 32.1. The fourth-order valence-electron chi connectivity index (χ4n) is 3.34. The molecule has 0 fully saturated rings. The highest BCUT2D eigenvalue weighted by Crippen LogP contribution is 2.33. The first-order valence-electron chi connectivity index (χ1n) is 8.46. The van der Waals surface area contributed by atoms with E-state index in [4.69, 9.17) is 9.47 Å². The third-order valence-electron chi connectivity index (χ3n) is 4.71. The molecule has 4 rings (SSSR count). The second-order valence-electron chi connectivity index (χ2n) is 6.56. The van der Waals surface area contributed by atoms with Crippen molar-refractivity contribution in [2.45, 2.75) is 32.7 Å². The predicted molar refractivity (Wildman–Crippen MR) is 94.1 cm³/mol. The molecule has 1 N–H and O–H groups in total. The van der Waals surface area contributed by atoms with E-state index in [1.54, 1.807) is 11.3 Å². The van der Waals surface area contributed by atoms with Gasteiger partial charge in [0.05, 0.1) is 5.56 Å². The summed E-state index contributed by atoms with van der Waals surface area (Å²) >= 11 is 1.73. The van der Waals surface area contributed by atoms with Gasteiger partial charge in [0.1, 0.15) is 13.2 Å². The zero-order valence-electron chi connectivity index (χ0n) is 13.8. The van der Waals surface area contributed by atoms with Crippen LogP contribution in [-0.4, -0.2) is 19.1 Å². The zero-order valence-corrected chi connectivity index (χ0v) is 14.6. The van der Waals surface area contributed by atoms with Gasteiger partial charge in [0.2, 0.25) is 0 Å². The van der Waals surface area contributed by atoms with Crippen LogP contribution in [0, 0.1) is 5.92 Å². The Bertz CT molecular complexity index is 768. The summed E-state index contributed by atoms with van der Waals surface area (Å²) < 4.78 is 11.1. The second-order valence-corrected chi connectivity index (χ2v) is 7.52. The van der Waals surface area contributed by atoms with Crippen molar-refractivity contribution in [2.24, 2.45) is 5.92 Å². The standard InChI is InChI=1S/C19H21NO3S/c1-12-2-4-14-15(11-24-18(14)8-12)19(21)20-10-13-3-5-16-17(9-13)23-7-6-22-16/h3,5,9,11-12H,2,4,6-8,10H2,1H3,(H,20,21). The van der Waals surface area contributed by atoms with Crippen LogP contribution in [-0.2, 0) is 19.4 Å². The van der Waals surface area contributed by atoms with Crippen molar-refractivity contribution < 1.29 is 14.3 Å². The summed E-state index contributed by atoms with van der Waals surface area (Å²) in [5.41, 5.74) is 3.14. The molecule has 2 heterocycles. The number of carbonyl (C=O) groups excluding carboxylic acids is 1. The van der Waals surface area contributed by atoms with Gasteiger partial charge in [-0.3, -0.25) is 4.79 Å². The predicted octanol–water partition coefficient (Wildman–Crippen LogP) is 3.57. The Morgan fingerprint density at radius 1 is 1.29 bits per heavy atom. The van der Waals surface area contributed by atoms with Gasteiger partial charge in [-0.05, 0) is 48.4 Å². The van der Waals surface area contributed by atoms with Crippen LogP contribution in [0.4, 0.5) is 0 Å². The summed E-state index contributed by atoms with van der Waals surface area (Å²) in [6.45, 7) is 3.94. The van der Waals surface area contributed by atoms with E-state index in [1.807, 2.05) is 23.6 Å². The smallest absolute Gasteiger partial charge is 0.252 e. The van der Waals surface area contributed by atoms with E-state index in [2.05, 4.69) is 12.2 Å². The molecular formula is C19H21NO3S. The number of fused-ring (bicyclic) bond motifs is 2. The van der Waals surface area contributed by atoms with Gasteiger partial charge in [-0.2, -0.15) is 0 Å². The van der Waals surface area contributed by atoms with E-state index < -0.39 is 0 Å². The molecule has 2 aliphatic rings. The fourth-order valence-corrected chi connectivity index (χ4v) is 4.59. The van der Waals surface area contributed by atoms with Crippen LogP contribution >= 0.6 is 11.3 Å². The van der Waals surface area contributed by atoms with Gasteiger partial charge in [0, 0.05) is 16.8 Å². The van der Waals surface area contributed by atoms with Crippen molar-refractivity contribution in [3.8, 4) is 11.5 Å². The molecule has 2 aromatic rings. The first-order valence-corrected chi connectivity index (χ1v) is 9.34. The molecule has 1 atom stereocenters. The average molecular weight is 343 g/mol. The quantitative estimate of drug-likeness (QED) is 0.927. The van der Waals surface area contributed by atoms with E-state index in [0.717, 1.165) is 41.4 Å². The number of hydrogen-bond acceptors (Lipinski definition) is 4. The van der Waals surface area contributed by atoms with E-state index >= 15 is 0 Å². The van der Waals surface area contributed by atoms with E-state index in [-0.39, 0.29) is 5.91 Å². The second kappa shape index (κ2) is 6.48. The fraction of sp³-hybridized carbons (Fsp3) is 0.421. The molecule has 1 aliphatic carbocycles. The van der Waals surface area contributed by atoms with Gasteiger partial charge in [0.25, 0.3) is 5.91 Å². The molecule has 1 aliphatic heterocycles. The lowest BCUT2D eigenvalue weighted by molar-refractivity contribution is 0.0950. The summed E-state index contributed by atoms with van der Waals surface area (Å²) in [6, 6.07) is 5.82. The number of carbonyl (C=O) groups is 1. The van der Waals surface area contributed by atoms with Crippen LogP contribution < -0.4 is 14.8 Å². The van der Waals surface area contributed by atoms with Crippen molar-refractivity contribution in [1.29, 1.82) is 0 Å².